The molecule has 0 aliphatic carbocycles. The lowest BCUT2D eigenvalue weighted by Gasteiger charge is -2.36. The van der Waals surface area contributed by atoms with Crippen LogP contribution in [0.15, 0.2) is 103 Å². The maximum atomic E-state index is 12.7. The minimum Gasteiger partial charge on any atom is -0.495 e. The molecule has 4 aromatic rings. The van der Waals surface area contributed by atoms with Crippen molar-refractivity contribution in [3.8, 4) is 17.2 Å². The summed E-state index contributed by atoms with van der Waals surface area (Å²) >= 11 is 0. The van der Waals surface area contributed by atoms with Crippen LogP contribution >= 0.6 is 0 Å². The standard InChI is InChI=1S/C31H31N3O3/c1-36-30-10-6-5-9-29(30)34-21-19-33(20-22-34)23-24-11-13-25(14-12-24)31(35)32-26-15-17-28(18-16-26)37-27-7-3-2-4-8-27/h2-18H,19-23H2,1H3,(H,32,35). The van der Waals surface area contributed by atoms with Crippen molar-refractivity contribution in [3.05, 3.63) is 114 Å². The van der Waals surface area contributed by atoms with Gasteiger partial charge < -0.3 is 19.7 Å². The van der Waals surface area contributed by atoms with Gasteiger partial charge in [-0.05, 0) is 66.2 Å². The molecule has 1 N–H and O–H groups in total. The molecule has 0 unspecified atom stereocenters. The second kappa shape index (κ2) is 11.6. The first-order valence-corrected chi connectivity index (χ1v) is 12.5. The second-order valence-electron chi connectivity index (χ2n) is 9.03. The molecular weight excluding hydrogens is 462 g/mol. The third kappa shape index (κ3) is 6.29. The zero-order valence-electron chi connectivity index (χ0n) is 21.0. The molecule has 4 aromatic carbocycles. The molecule has 0 saturated carbocycles. The Morgan fingerprint density at radius 2 is 1.41 bits per heavy atom. The number of para-hydroxylation sites is 3. The summed E-state index contributed by atoms with van der Waals surface area (Å²) in [5.41, 5.74) is 3.71. The molecule has 5 rings (SSSR count). The lowest BCUT2D eigenvalue weighted by atomic mass is 10.1. The highest BCUT2D eigenvalue weighted by Gasteiger charge is 2.19. The maximum absolute atomic E-state index is 12.7. The van der Waals surface area contributed by atoms with Crippen LogP contribution < -0.4 is 19.7 Å². The van der Waals surface area contributed by atoms with Gasteiger partial charge in [-0.15, -0.1) is 0 Å². The summed E-state index contributed by atoms with van der Waals surface area (Å²) < 4.78 is 11.3. The first-order chi connectivity index (χ1) is 18.2. The van der Waals surface area contributed by atoms with Gasteiger partial charge >= 0.3 is 0 Å². The van der Waals surface area contributed by atoms with E-state index in [0.717, 1.165) is 61.3 Å². The molecule has 0 aromatic heterocycles. The predicted octanol–water partition coefficient (Wildman–Crippen LogP) is 6.06. The number of methoxy groups -OCH3 is 1. The number of nitrogens with one attached hydrogen (secondary N) is 1. The highest BCUT2D eigenvalue weighted by Crippen LogP contribution is 2.28. The molecule has 188 valence electrons. The minimum absolute atomic E-state index is 0.131. The zero-order chi connectivity index (χ0) is 25.5. The number of hydrogen-bond acceptors (Lipinski definition) is 5. The summed E-state index contributed by atoms with van der Waals surface area (Å²) in [6, 6.07) is 33.0. The summed E-state index contributed by atoms with van der Waals surface area (Å²) in [6.07, 6.45) is 0. The summed E-state index contributed by atoms with van der Waals surface area (Å²) in [7, 11) is 1.72. The van der Waals surface area contributed by atoms with Crippen LogP contribution in [0.2, 0.25) is 0 Å². The second-order valence-corrected chi connectivity index (χ2v) is 9.03. The zero-order valence-corrected chi connectivity index (χ0v) is 21.0. The van der Waals surface area contributed by atoms with Gasteiger partial charge in [0.2, 0.25) is 0 Å². The van der Waals surface area contributed by atoms with Crippen LogP contribution in [0.5, 0.6) is 17.2 Å². The Bertz CT molecular complexity index is 1300. The van der Waals surface area contributed by atoms with Crippen molar-refractivity contribution >= 4 is 17.3 Å². The van der Waals surface area contributed by atoms with E-state index in [-0.39, 0.29) is 5.91 Å². The van der Waals surface area contributed by atoms with E-state index in [0.29, 0.717) is 5.56 Å². The normalized spacial score (nSPS) is 13.7. The van der Waals surface area contributed by atoms with Crippen molar-refractivity contribution in [2.75, 3.05) is 43.5 Å². The van der Waals surface area contributed by atoms with E-state index in [1.807, 2.05) is 91.0 Å². The Labute approximate surface area is 218 Å². The van der Waals surface area contributed by atoms with Crippen LogP contribution in [0.3, 0.4) is 0 Å². The number of nitrogens with zero attached hydrogens (tertiary/aromatic N) is 2. The lowest BCUT2D eigenvalue weighted by Crippen LogP contribution is -2.46. The average Bonchev–Trinajstić information content (AvgIpc) is 2.95. The van der Waals surface area contributed by atoms with Crippen molar-refractivity contribution in [2.24, 2.45) is 0 Å². The summed E-state index contributed by atoms with van der Waals surface area (Å²) in [5.74, 6) is 2.28. The van der Waals surface area contributed by atoms with Crippen molar-refractivity contribution < 1.29 is 14.3 Å². The molecule has 1 heterocycles. The van der Waals surface area contributed by atoms with Crippen LogP contribution in [0.25, 0.3) is 0 Å². The molecule has 1 aliphatic heterocycles. The molecule has 37 heavy (non-hydrogen) atoms. The Morgan fingerprint density at radius 1 is 0.757 bits per heavy atom. The fourth-order valence-corrected chi connectivity index (χ4v) is 4.49. The molecular formula is C31H31N3O3. The third-order valence-corrected chi connectivity index (χ3v) is 6.51. The van der Waals surface area contributed by atoms with Crippen molar-refractivity contribution in [2.45, 2.75) is 6.54 Å². The van der Waals surface area contributed by atoms with Gasteiger partial charge in [0, 0.05) is 44.0 Å². The largest absolute Gasteiger partial charge is 0.495 e. The SMILES string of the molecule is COc1ccccc1N1CCN(Cc2ccc(C(=O)Nc3ccc(Oc4ccccc4)cc3)cc2)CC1. The topological polar surface area (TPSA) is 54.0 Å². The van der Waals surface area contributed by atoms with Crippen LogP contribution in [-0.2, 0) is 6.54 Å². The van der Waals surface area contributed by atoms with Crippen molar-refractivity contribution in [3.63, 3.8) is 0 Å². The minimum atomic E-state index is -0.131. The number of piperazine rings is 1. The smallest absolute Gasteiger partial charge is 0.255 e. The summed E-state index contributed by atoms with van der Waals surface area (Å²) in [6.45, 7) is 4.73. The van der Waals surface area contributed by atoms with E-state index in [2.05, 4.69) is 27.2 Å². The highest BCUT2D eigenvalue weighted by atomic mass is 16.5. The number of carbonyl (C=O) groups excluding carboxylic acids is 1. The van der Waals surface area contributed by atoms with E-state index in [9.17, 15) is 4.79 Å². The van der Waals surface area contributed by atoms with Crippen molar-refractivity contribution in [1.82, 2.24) is 4.90 Å². The number of benzene rings is 4. The van der Waals surface area contributed by atoms with Gasteiger partial charge in [-0.3, -0.25) is 9.69 Å². The van der Waals surface area contributed by atoms with E-state index < -0.39 is 0 Å². The monoisotopic (exact) mass is 493 g/mol. The van der Waals surface area contributed by atoms with Gasteiger partial charge in [-0.25, -0.2) is 0 Å². The first kappa shape index (κ1) is 24.4. The summed E-state index contributed by atoms with van der Waals surface area (Å²) in [4.78, 5) is 17.6. The molecule has 0 bridgehead atoms. The van der Waals surface area contributed by atoms with Gasteiger partial charge in [0.1, 0.15) is 17.2 Å². The lowest BCUT2D eigenvalue weighted by molar-refractivity contribution is 0.102. The van der Waals surface area contributed by atoms with Gasteiger partial charge in [0.25, 0.3) is 5.91 Å². The number of rotatable bonds is 8. The molecule has 1 saturated heterocycles. The maximum Gasteiger partial charge on any atom is 0.255 e. The molecule has 0 spiro atoms. The number of hydrogen-bond donors (Lipinski definition) is 1. The third-order valence-electron chi connectivity index (χ3n) is 6.51. The van der Waals surface area contributed by atoms with Gasteiger partial charge in [0.15, 0.2) is 0 Å². The highest BCUT2D eigenvalue weighted by molar-refractivity contribution is 6.04. The van der Waals surface area contributed by atoms with E-state index in [4.69, 9.17) is 9.47 Å². The van der Waals surface area contributed by atoms with Crippen LogP contribution in [0, 0.1) is 0 Å². The molecule has 0 atom stereocenters. The molecule has 1 amide bonds. The van der Waals surface area contributed by atoms with Crippen LogP contribution in [0.4, 0.5) is 11.4 Å². The Balaban J connectivity index is 1.11. The van der Waals surface area contributed by atoms with Crippen LogP contribution in [0.1, 0.15) is 15.9 Å². The number of anilines is 2. The molecule has 6 nitrogen and oxygen atoms in total. The van der Waals surface area contributed by atoms with E-state index in [1.54, 1.807) is 7.11 Å². The fourth-order valence-electron chi connectivity index (χ4n) is 4.49. The van der Waals surface area contributed by atoms with Gasteiger partial charge in [-0.2, -0.15) is 0 Å². The Hall–Kier alpha value is -4.29. The quantitative estimate of drug-likeness (QED) is 0.323. The fraction of sp³-hybridized carbons (Fsp3) is 0.194. The number of carbonyl (C=O) groups is 1. The van der Waals surface area contributed by atoms with Crippen molar-refractivity contribution in [1.29, 1.82) is 0 Å². The summed E-state index contributed by atoms with van der Waals surface area (Å²) in [5, 5.41) is 2.96. The average molecular weight is 494 g/mol. The van der Waals surface area contributed by atoms with Crippen LogP contribution in [-0.4, -0.2) is 44.1 Å². The molecule has 0 radical (unpaired) electrons. The molecule has 1 fully saturated rings. The predicted molar refractivity (Wildman–Crippen MR) is 148 cm³/mol. The first-order valence-electron chi connectivity index (χ1n) is 12.5. The van der Waals surface area contributed by atoms with Gasteiger partial charge in [0.05, 0.1) is 12.8 Å². The van der Waals surface area contributed by atoms with Gasteiger partial charge in [-0.1, -0.05) is 42.5 Å². The van der Waals surface area contributed by atoms with E-state index in [1.165, 1.54) is 5.56 Å². The Kier molecular flexibility index (Phi) is 7.67. The molecule has 1 aliphatic rings. The Morgan fingerprint density at radius 3 is 2.11 bits per heavy atom. The molecule has 6 heteroatoms. The number of amides is 1. The number of ether oxygens (including phenoxy) is 2. The van der Waals surface area contributed by atoms with E-state index >= 15 is 0 Å².